The van der Waals surface area contributed by atoms with Gasteiger partial charge in [-0.15, -0.1) is 0 Å². The topological polar surface area (TPSA) is 49.4 Å². The highest BCUT2D eigenvalue weighted by atomic mass is 16.2. The number of anilines is 1. The van der Waals surface area contributed by atoms with E-state index >= 15 is 0 Å². The van der Waals surface area contributed by atoms with Gasteiger partial charge in [0.25, 0.3) is 0 Å². The third-order valence-electron chi connectivity index (χ3n) is 5.58. The Kier molecular flexibility index (Phi) is 5.43. The Balaban J connectivity index is 1.69. The number of nitrogens with zero attached hydrogens (tertiary/aromatic N) is 1. The molecule has 0 fully saturated rings. The molecule has 0 unspecified atom stereocenters. The molecule has 0 saturated carbocycles. The number of hydrogen-bond acceptors (Lipinski definition) is 2. The summed E-state index contributed by atoms with van der Waals surface area (Å²) in [5, 5.41) is 2.71. The second-order valence-electron chi connectivity index (χ2n) is 7.30. The molecular weight excluding hydrogens is 360 g/mol. The molecule has 146 valence electrons. The van der Waals surface area contributed by atoms with Gasteiger partial charge < -0.3 is 5.32 Å². The number of amides is 2. The van der Waals surface area contributed by atoms with Crippen molar-refractivity contribution in [3.8, 4) is 0 Å². The quantitative estimate of drug-likeness (QED) is 0.725. The smallest absolute Gasteiger partial charge is 0.243 e. The highest BCUT2D eigenvalue weighted by molar-refractivity contribution is 6.03. The molecule has 1 heterocycles. The van der Waals surface area contributed by atoms with E-state index in [2.05, 4.69) is 29.6 Å². The Morgan fingerprint density at radius 3 is 2.03 bits per heavy atom. The second kappa shape index (κ2) is 8.31. The summed E-state index contributed by atoms with van der Waals surface area (Å²) in [5.74, 6) is -0.241. The van der Waals surface area contributed by atoms with Crippen LogP contribution in [-0.4, -0.2) is 24.9 Å². The van der Waals surface area contributed by atoms with Crippen molar-refractivity contribution in [3.63, 3.8) is 0 Å². The summed E-state index contributed by atoms with van der Waals surface area (Å²) in [4.78, 5) is 27.7. The van der Waals surface area contributed by atoms with Gasteiger partial charge in [-0.05, 0) is 22.8 Å². The first-order chi connectivity index (χ1) is 14.2. The number of hydrogen-bond donors (Lipinski definition) is 1. The lowest BCUT2D eigenvalue weighted by atomic mass is 9.88. The summed E-state index contributed by atoms with van der Waals surface area (Å²) in [7, 11) is 1.62. The zero-order valence-electron chi connectivity index (χ0n) is 16.4. The highest BCUT2D eigenvalue weighted by Gasteiger charge is 2.38. The minimum Gasteiger partial charge on any atom is -0.357 e. The molecule has 1 aliphatic rings. The molecule has 4 rings (SSSR count). The van der Waals surface area contributed by atoms with Crippen LogP contribution in [0.5, 0.6) is 0 Å². The van der Waals surface area contributed by atoms with Gasteiger partial charge in [0.1, 0.15) is 6.04 Å². The van der Waals surface area contributed by atoms with Gasteiger partial charge in [-0.1, -0.05) is 78.9 Å². The fraction of sp³-hybridized carbons (Fsp3) is 0.200. The van der Waals surface area contributed by atoms with Crippen LogP contribution in [0.1, 0.15) is 29.0 Å². The summed E-state index contributed by atoms with van der Waals surface area (Å²) >= 11 is 0. The molecule has 1 aliphatic heterocycles. The van der Waals surface area contributed by atoms with Gasteiger partial charge in [0.2, 0.25) is 11.8 Å². The SMILES string of the molecule is CNC(=O)[C@@H]1Cc2ccccc2N1C(=O)CC(c1ccccc1)c1ccccc1. The average Bonchev–Trinajstić information content (AvgIpc) is 3.18. The molecule has 0 aliphatic carbocycles. The van der Waals surface area contributed by atoms with E-state index in [-0.39, 0.29) is 17.7 Å². The van der Waals surface area contributed by atoms with Crippen molar-refractivity contribution in [2.45, 2.75) is 24.8 Å². The molecule has 0 radical (unpaired) electrons. The van der Waals surface area contributed by atoms with Gasteiger partial charge in [-0.2, -0.15) is 0 Å². The van der Waals surface area contributed by atoms with Gasteiger partial charge in [0.05, 0.1) is 0 Å². The molecule has 4 nitrogen and oxygen atoms in total. The summed E-state index contributed by atoms with van der Waals surface area (Å²) in [6, 6.07) is 27.4. The number of carbonyl (C=O) groups is 2. The second-order valence-corrected chi connectivity index (χ2v) is 7.30. The maximum absolute atomic E-state index is 13.5. The Labute approximate surface area is 171 Å². The first kappa shape index (κ1) is 18.9. The van der Waals surface area contributed by atoms with Gasteiger partial charge in [0, 0.05) is 31.5 Å². The first-order valence-electron chi connectivity index (χ1n) is 9.90. The van der Waals surface area contributed by atoms with Crippen molar-refractivity contribution in [2.24, 2.45) is 0 Å². The van der Waals surface area contributed by atoms with Crippen molar-refractivity contribution < 1.29 is 9.59 Å². The van der Waals surface area contributed by atoms with Crippen LogP contribution in [0.2, 0.25) is 0 Å². The number of fused-ring (bicyclic) bond motifs is 1. The standard InChI is InChI=1S/C25H24N2O2/c1-26-25(29)23-16-20-14-8-9-15-22(20)27(23)24(28)17-21(18-10-4-2-5-11-18)19-12-6-3-7-13-19/h2-15,21,23H,16-17H2,1H3,(H,26,29)/t23-/m0/s1. The number of nitrogens with one attached hydrogen (secondary N) is 1. The van der Waals surface area contributed by atoms with Crippen LogP contribution in [0.25, 0.3) is 0 Å². The number of para-hydroxylation sites is 1. The van der Waals surface area contributed by atoms with E-state index < -0.39 is 6.04 Å². The molecule has 0 spiro atoms. The minimum atomic E-state index is -0.503. The fourth-order valence-electron chi connectivity index (χ4n) is 4.14. The molecule has 1 atom stereocenters. The molecule has 4 heteroatoms. The predicted molar refractivity (Wildman–Crippen MR) is 115 cm³/mol. The summed E-state index contributed by atoms with van der Waals surface area (Å²) in [6.45, 7) is 0. The Bertz CT molecular complexity index is 962. The van der Waals surface area contributed by atoms with E-state index in [0.29, 0.717) is 12.8 Å². The molecule has 0 saturated heterocycles. The van der Waals surface area contributed by atoms with Crippen molar-refractivity contribution in [1.82, 2.24) is 5.32 Å². The summed E-state index contributed by atoms with van der Waals surface area (Å²) in [5.41, 5.74) is 4.06. The number of likely N-dealkylation sites (N-methyl/N-ethyl adjacent to an activating group) is 1. The maximum Gasteiger partial charge on any atom is 0.243 e. The summed E-state index contributed by atoms with van der Waals surface area (Å²) in [6.07, 6.45) is 0.846. The molecule has 3 aromatic rings. The molecule has 1 N–H and O–H groups in total. The normalized spacial score (nSPS) is 15.2. The third-order valence-corrected chi connectivity index (χ3v) is 5.58. The Morgan fingerprint density at radius 2 is 1.45 bits per heavy atom. The van der Waals surface area contributed by atoms with Crippen molar-refractivity contribution in [1.29, 1.82) is 0 Å². The molecule has 0 aromatic heterocycles. The lowest BCUT2D eigenvalue weighted by molar-refractivity contribution is -0.126. The van der Waals surface area contributed by atoms with Crippen LogP contribution in [0, 0.1) is 0 Å². The van der Waals surface area contributed by atoms with Crippen molar-refractivity contribution in [3.05, 3.63) is 102 Å². The largest absolute Gasteiger partial charge is 0.357 e. The van der Waals surface area contributed by atoms with Crippen LogP contribution >= 0.6 is 0 Å². The van der Waals surface area contributed by atoms with Crippen molar-refractivity contribution >= 4 is 17.5 Å². The molecule has 0 bridgehead atoms. The fourth-order valence-corrected chi connectivity index (χ4v) is 4.14. The zero-order valence-corrected chi connectivity index (χ0v) is 16.4. The van der Waals surface area contributed by atoms with Gasteiger partial charge in [-0.25, -0.2) is 0 Å². The van der Waals surface area contributed by atoms with E-state index in [1.54, 1.807) is 11.9 Å². The van der Waals surface area contributed by atoms with Crippen LogP contribution in [0.4, 0.5) is 5.69 Å². The minimum absolute atomic E-state index is 0.0405. The average molecular weight is 384 g/mol. The van der Waals surface area contributed by atoms with Crippen molar-refractivity contribution in [2.75, 3.05) is 11.9 Å². The zero-order chi connectivity index (χ0) is 20.2. The van der Waals surface area contributed by atoms with E-state index in [1.165, 1.54) is 0 Å². The van der Waals surface area contributed by atoms with E-state index in [9.17, 15) is 9.59 Å². The van der Waals surface area contributed by atoms with Gasteiger partial charge >= 0.3 is 0 Å². The molecular formula is C25H24N2O2. The number of carbonyl (C=O) groups excluding carboxylic acids is 2. The van der Waals surface area contributed by atoms with Gasteiger partial charge in [0.15, 0.2) is 0 Å². The maximum atomic E-state index is 13.5. The van der Waals surface area contributed by atoms with Crippen LogP contribution in [0.15, 0.2) is 84.9 Å². The van der Waals surface area contributed by atoms with Crippen LogP contribution < -0.4 is 10.2 Å². The van der Waals surface area contributed by atoms with Crippen LogP contribution in [-0.2, 0) is 16.0 Å². The third kappa shape index (κ3) is 3.79. The van der Waals surface area contributed by atoms with Crippen LogP contribution in [0.3, 0.4) is 0 Å². The molecule has 2 amide bonds. The lowest BCUT2D eigenvalue weighted by Crippen LogP contribution is -2.47. The molecule has 3 aromatic carbocycles. The monoisotopic (exact) mass is 384 g/mol. The Morgan fingerprint density at radius 1 is 0.897 bits per heavy atom. The Hall–Kier alpha value is -3.40. The predicted octanol–water partition coefficient (Wildman–Crippen LogP) is 3.91. The number of benzene rings is 3. The summed E-state index contributed by atoms with van der Waals surface area (Å²) < 4.78 is 0. The molecule has 29 heavy (non-hydrogen) atoms. The first-order valence-corrected chi connectivity index (χ1v) is 9.90. The number of rotatable bonds is 5. The highest BCUT2D eigenvalue weighted by Crippen LogP contribution is 2.35. The van der Waals surface area contributed by atoms with E-state index in [4.69, 9.17) is 0 Å². The van der Waals surface area contributed by atoms with Gasteiger partial charge in [-0.3, -0.25) is 14.5 Å². The van der Waals surface area contributed by atoms with E-state index in [1.807, 2.05) is 60.7 Å². The lowest BCUT2D eigenvalue weighted by Gasteiger charge is -2.27. The van der Waals surface area contributed by atoms with E-state index in [0.717, 1.165) is 22.4 Å².